The number of rotatable bonds is 7. The molecule has 1 rings (SSSR count). The predicted molar refractivity (Wildman–Crippen MR) is 93.3 cm³/mol. The van der Waals surface area contributed by atoms with Crippen molar-refractivity contribution in [1.82, 2.24) is 10.2 Å². The van der Waals surface area contributed by atoms with Crippen molar-refractivity contribution >= 4 is 30.7 Å². The molecule has 122 valence electrons. The van der Waals surface area contributed by atoms with Gasteiger partial charge in [-0.05, 0) is 25.6 Å². The van der Waals surface area contributed by atoms with Gasteiger partial charge in [0.1, 0.15) is 5.54 Å². The zero-order valence-electron chi connectivity index (χ0n) is 13.0. The van der Waals surface area contributed by atoms with E-state index < -0.39 is 5.54 Å². The van der Waals surface area contributed by atoms with Crippen LogP contribution in [0.25, 0.3) is 0 Å². The number of halogens is 2. The van der Waals surface area contributed by atoms with E-state index in [1.54, 1.807) is 6.92 Å². The van der Waals surface area contributed by atoms with Crippen LogP contribution >= 0.6 is 24.8 Å². The molecule has 1 atom stereocenters. The molecule has 3 N–H and O–H groups in total. The van der Waals surface area contributed by atoms with Gasteiger partial charge in [-0.1, -0.05) is 44.2 Å². The lowest BCUT2D eigenvalue weighted by molar-refractivity contribution is -0.126. The Labute approximate surface area is 140 Å². The molecule has 0 radical (unpaired) electrons. The second-order valence-electron chi connectivity index (χ2n) is 4.85. The van der Waals surface area contributed by atoms with Crippen LogP contribution in [0.4, 0.5) is 0 Å². The summed E-state index contributed by atoms with van der Waals surface area (Å²) in [7, 11) is 0. The average Bonchev–Trinajstić information content (AvgIpc) is 2.44. The summed E-state index contributed by atoms with van der Waals surface area (Å²) >= 11 is 0. The van der Waals surface area contributed by atoms with Crippen LogP contribution < -0.4 is 11.1 Å². The minimum atomic E-state index is -0.982. The van der Waals surface area contributed by atoms with Gasteiger partial charge in [-0.15, -0.1) is 24.8 Å². The maximum Gasteiger partial charge on any atom is 0.244 e. The van der Waals surface area contributed by atoms with Crippen molar-refractivity contribution in [3.8, 4) is 0 Å². The van der Waals surface area contributed by atoms with Crippen molar-refractivity contribution in [3.05, 3.63) is 35.9 Å². The summed E-state index contributed by atoms with van der Waals surface area (Å²) in [5, 5.41) is 2.91. The van der Waals surface area contributed by atoms with Gasteiger partial charge in [0.2, 0.25) is 5.91 Å². The summed E-state index contributed by atoms with van der Waals surface area (Å²) in [6.07, 6.45) is 0. The van der Waals surface area contributed by atoms with Gasteiger partial charge in [0.05, 0.1) is 0 Å². The highest BCUT2D eigenvalue weighted by atomic mass is 35.5. The molecule has 0 saturated carbocycles. The molecule has 1 aromatic carbocycles. The third-order valence-electron chi connectivity index (χ3n) is 3.45. The van der Waals surface area contributed by atoms with Gasteiger partial charge >= 0.3 is 0 Å². The Bertz CT molecular complexity index is 395. The Morgan fingerprint density at radius 3 is 2.19 bits per heavy atom. The van der Waals surface area contributed by atoms with E-state index in [1.807, 2.05) is 30.3 Å². The second-order valence-corrected chi connectivity index (χ2v) is 4.85. The van der Waals surface area contributed by atoms with Crippen molar-refractivity contribution in [1.29, 1.82) is 0 Å². The van der Waals surface area contributed by atoms with Gasteiger partial charge in [0.15, 0.2) is 0 Å². The highest BCUT2D eigenvalue weighted by molar-refractivity contribution is 5.87. The number of hydrogen-bond donors (Lipinski definition) is 2. The molecule has 6 heteroatoms. The molecule has 0 heterocycles. The Morgan fingerprint density at radius 1 is 1.19 bits per heavy atom. The van der Waals surface area contributed by atoms with Crippen LogP contribution in [0.1, 0.15) is 26.3 Å². The Hall–Kier alpha value is -0.810. The summed E-state index contributed by atoms with van der Waals surface area (Å²) in [5.41, 5.74) is 5.99. The van der Waals surface area contributed by atoms with Gasteiger partial charge in [-0.2, -0.15) is 0 Å². The molecule has 0 aliphatic carbocycles. The molecule has 0 bridgehead atoms. The fraction of sp³-hybridized carbons (Fsp3) is 0.533. The number of likely N-dealkylation sites (N-methyl/N-ethyl adjacent to an activating group) is 1. The molecule has 0 aliphatic rings. The minimum Gasteiger partial charge on any atom is -0.353 e. The third kappa shape index (κ3) is 6.66. The van der Waals surface area contributed by atoms with Crippen LogP contribution in [0.5, 0.6) is 0 Å². The molecule has 21 heavy (non-hydrogen) atoms. The maximum absolute atomic E-state index is 12.2. The van der Waals surface area contributed by atoms with Gasteiger partial charge in [0, 0.05) is 13.1 Å². The molecule has 1 aromatic rings. The lowest BCUT2D eigenvalue weighted by Crippen LogP contribution is -2.50. The van der Waals surface area contributed by atoms with E-state index in [0.29, 0.717) is 6.54 Å². The molecule has 0 fully saturated rings. The van der Waals surface area contributed by atoms with Gasteiger partial charge in [-0.25, -0.2) is 0 Å². The van der Waals surface area contributed by atoms with Crippen molar-refractivity contribution in [2.75, 3.05) is 26.2 Å². The molecular weight excluding hydrogens is 309 g/mol. The van der Waals surface area contributed by atoms with Crippen LogP contribution in [-0.4, -0.2) is 37.0 Å². The standard InChI is InChI=1S/C15H25N3O.2ClH/c1-4-18(5-2)12-11-17-14(19)15(3,16)13-9-7-6-8-10-13;;/h6-10H,4-5,11-12,16H2,1-3H3,(H,17,19);2*1H. The second kappa shape index (κ2) is 10.9. The largest absolute Gasteiger partial charge is 0.353 e. The van der Waals surface area contributed by atoms with Crippen molar-refractivity contribution in [3.63, 3.8) is 0 Å². The normalized spacial score (nSPS) is 12.8. The summed E-state index contributed by atoms with van der Waals surface area (Å²) in [6, 6.07) is 9.46. The third-order valence-corrected chi connectivity index (χ3v) is 3.45. The van der Waals surface area contributed by atoms with Crippen molar-refractivity contribution in [2.45, 2.75) is 26.3 Å². The van der Waals surface area contributed by atoms with E-state index in [0.717, 1.165) is 25.2 Å². The summed E-state index contributed by atoms with van der Waals surface area (Å²) < 4.78 is 0. The number of nitrogens with zero attached hydrogens (tertiary/aromatic N) is 1. The number of carbonyl (C=O) groups excluding carboxylic acids is 1. The summed E-state index contributed by atoms with van der Waals surface area (Å²) in [5.74, 6) is -0.133. The Morgan fingerprint density at radius 2 is 1.71 bits per heavy atom. The predicted octanol–water partition coefficient (Wildman–Crippen LogP) is 2.16. The first-order chi connectivity index (χ1) is 9.02. The Balaban J connectivity index is 0. The lowest BCUT2D eigenvalue weighted by atomic mass is 9.92. The molecule has 0 saturated heterocycles. The average molecular weight is 336 g/mol. The lowest BCUT2D eigenvalue weighted by Gasteiger charge is -2.25. The molecule has 0 spiro atoms. The summed E-state index contributed by atoms with van der Waals surface area (Å²) in [4.78, 5) is 14.4. The van der Waals surface area contributed by atoms with E-state index >= 15 is 0 Å². The Kier molecular flexibility index (Phi) is 11.6. The van der Waals surface area contributed by atoms with Crippen molar-refractivity contribution < 1.29 is 4.79 Å². The van der Waals surface area contributed by atoms with Crippen LogP contribution in [0.15, 0.2) is 30.3 Å². The van der Waals surface area contributed by atoms with Crippen LogP contribution in [0.2, 0.25) is 0 Å². The SMILES string of the molecule is CCN(CC)CCNC(=O)C(C)(N)c1ccccc1.Cl.Cl. The zero-order valence-corrected chi connectivity index (χ0v) is 14.6. The number of nitrogens with one attached hydrogen (secondary N) is 1. The fourth-order valence-corrected chi connectivity index (χ4v) is 1.97. The van der Waals surface area contributed by atoms with E-state index in [-0.39, 0.29) is 30.7 Å². The number of nitrogens with two attached hydrogens (primary N) is 1. The van der Waals surface area contributed by atoms with E-state index in [4.69, 9.17) is 5.73 Å². The van der Waals surface area contributed by atoms with Crippen LogP contribution in [-0.2, 0) is 10.3 Å². The molecular formula is C15H27Cl2N3O. The molecule has 1 amide bonds. The molecule has 0 aromatic heterocycles. The zero-order chi connectivity index (χ0) is 14.3. The van der Waals surface area contributed by atoms with E-state index in [9.17, 15) is 4.79 Å². The van der Waals surface area contributed by atoms with Crippen LogP contribution in [0.3, 0.4) is 0 Å². The van der Waals surface area contributed by atoms with Gasteiger partial charge < -0.3 is 16.0 Å². The first-order valence-electron chi connectivity index (χ1n) is 6.87. The summed E-state index contributed by atoms with van der Waals surface area (Å²) in [6.45, 7) is 9.43. The first-order valence-corrected chi connectivity index (χ1v) is 6.87. The van der Waals surface area contributed by atoms with Crippen LogP contribution in [0, 0.1) is 0 Å². The quantitative estimate of drug-likeness (QED) is 0.802. The van der Waals surface area contributed by atoms with Gasteiger partial charge in [-0.3, -0.25) is 4.79 Å². The topological polar surface area (TPSA) is 58.4 Å². The molecule has 0 aliphatic heterocycles. The number of benzene rings is 1. The monoisotopic (exact) mass is 335 g/mol. The maximum atomic E-state index is 12.2. The van der Waals surface area contributed by atoms with Crippen molar-refractivity contribution in [2.24, 2.45) is 5.73 Å². The first kappa shape index (κ1) is 22.5. The number of hydrogen-bond acceptors (Lipinski definition) is 3. The highest BCUT2D eigenvalue weighted by Crippen LogP contribution is 2.17. The van der Waals surface area contributed by atoms with E-state index in [2.05, 4.69) is 24.1 Å². The smallest absolute Gasteiger partial charge is 0.244 e. The molecule has 4 nitrogen and oxygen atoms in total. The fourth-order valence-electron chi connectivity index (χ4n) is 1.97. The number of amides is 1. The molecule has 1 unspecified atom stereocenters. The highest BCUT2D eigenvalue weighted by Gasteiger charge is 2.29. The van der Waals surface area contributed by atoms with E-state index in [1.165, 1.54) is 0 Å². The van der Waals surface area contributed by atoms with Gasteiger partial charge in [0.25, 0.3) is 0 Å². The number of carbonyl (C=O) groups is 1. The minimum absolute atomic E-state index is 0.